The summed E-state index contributed by atoms with van der Waals surface area (Å²) in [7, 11) is 0. The second-order valence-corrected chi connectivity index (χ2v) is 7.32. The predicted octanol–water partition coefficient (Wildman–Crippen LogP) is 8.14. The molecule has 1 nitrogen and oxygen atoms in total. The number of aryl methyl sites for hydroxylation is 1. The van der Waals surface area contributed by atoms with Crippen LogP contribution in [-0.2, 0) is 18.7 Å². The fourth-order valence-electron chi connectivity index (χ4n) is 3.38. The van der Waals surface area contributed by atoms with E-state index >= 15 is 0 Å². The summed E-state index contributed by atoms with van der Waals surface area (Å²) in [4.78, 5) is 0. The maximum atomic E-state index is 14.6. The first-order chi connectivity index (χ1) is 14.9. The highest BCUT2D eigenvalue weighted by atomic mass is 19.4. The molecule has 3 aromatic rings. The summed E-state index contributed by atoms with van der Waals surface area (Å²) in [5.41, 5.74) is -2.86. The first-order valence-corrected chi connectivity index (χ1v) is 9.78. The third-order valence-electron chi connectivity index (χ3n) is 4.94. The molecule has 0 spiro atoms. The maximum absolute atomic E-state index is 14.6. The van der Waals surface area contributed by atoms with Gasteiger partial charge in [0.25, 0.3) is 0 Å². The van der Waals surface area contributed by atoms with Gasteiger partial charge in [-0.05, 0) is 60.2 Å². The minimum absolute atomic E-state index is 0.156. The van der Waals surface area contributed by atoms with E-state index in [1.165, 1.54) is 0 Å². The molecule has 0 saturated heterocycles. The van der Waals surface area contributed by atoms with Crippen LogP contribution in [0.5, 0.6) is 5.75 Å². The van der Waals surface area contributed by atoms with Gasteiger partial charge in [0.15, 0.2) is 0 Å². The lowest BCUT2D eigenvalue weighted by Gasteiger charge is -2.20. The van der Waals surface area contributed by atoms with Crippen LogP contribution in [0, 0.1) is 17.5 Å². The van der Waals surface area contributed by atoms with Crippen molar-refractivity contribution in [3.8, 4) is 5.75 Å². The smallest absolute Gasteiger partial charge is 0.429 e. The molecule has 0 aromatic heterocycles. The number of ether oxygens (including phenoxy) is 1. The van der Waals surface area contributed by atoms with Crippen LogP contribution in [-0.4, -0.2) is 0 Å². The van der Waals surface area contributed by atoms with Crippen molar-refractivity contribution < 1.29 is 39.9 Å². The Balaban J connectivity index is 1.90. The van der Waals surface area contributed by atoms with Crippen LogP contribution in [0.4, 0.5) is 35.1 Å². The van der Waals surface area contributed by atoms with Gasteiger partial charge in [0, 0.05) is 5.39 Å². The van der Waals surface area contributed by atoms with Crippen molar-refractivity contribution >= 4 is 10.8 Å². The molecule has 0 aliphatic carbocycles. The number of hydrogen-bond acceptors (Lipinski definition) is 1. The normalized spacial score (nSPS) is 12.4. The van der Waals surface area contributed by atoms with Crippen molar-refractivity contribution in [3.05, 3.63) is 76.6 Å². The molecule has 0 saturated carbocycles. The van der Waals surface area contributed by atoms with Gasteiger partial charge in [-0.25, -0.2) is 13.2 Å². The van der Waals surface area contributed by atoms with Crippen molar-refractivity contribution in [1.29, 1.82) is 0 Å². The lowest BCUT2D eigenvalue weighted by molar-refractivity contribution is -0.189. The minimum Gasteiger partial charge on any atom is -0.429 e. The summed E-state index contributed by atoms with van der Waals surface area (Å²) in [6.45, 7) is 1.94. The summed E-state index contributed by atoms with van der Waals surface area (Å²) in [6.07, 6.45) is -6.69. The first-order valence-electron chi connectivity index (χ1n) is 9.78. The Labute approximate surface area is 178 Å². The van der Waals surface area contributed by atoms with Crippen LogP contribution >= 0.6 is 0 Å². The number of alkyl halides is 5. The largest absolute Gasteiger partial charge is 0.432 e. The van der Waals surface area contributed by atoms with Gasteiger partial charge in [0.2, 0.25) is 0 Å². The number of halogens is 8. The topological polar surface area (TPSA) is 9.23 Å². The summed E-state index contributed by atoms with van der Waals surface area (Å²) in [5, 5.41) is -0.625. The molecule has 3 rings (SSSR count). The highest BCUT2D eigenvalue weighted by molar-refractivity contribution is 5.85. The Hall–Kier alpha value is -2.84. The molecule has 0 atom stereocenters. The first kappa shape index (κ1) is 23.8. The molecule has 0 heterocycles. The van der Waals surface area contributed by atoms with Gasteiger partial charge in [-0.2, -0.15) is 22.0 Å². The van der Waals surface area contributed by atoms with Crippen LogP contribution in [0.2, 0.25) is 0 Å². The van der Waals surface area contributed by atoms with E-state index in [1.807, 2.05) is 6.92 Å². The van der Waals surface area contributed by atoms with Gasteiger partial charge >= 0.3 is 12.3 Å². The zero-order valence-electron chi connectivity index (χ0n) is 16.8. The average molecular weight is 462 g/mol. The molecular weight excluding hydrogens is 444 g/mol. The van der Waals surface area contributed by atoms with Crippen LogP contribution in [0.25, 0.3) is 10.8 Å². The second kappa shape index (κ2) is 8.96. The zero-order valence-corrected chi connectivity index (χ0v) is 16.8. The summed E-state index contributed by atoms with van der Waals surface area (Å²) >= 11 is 0. The Kier molecular flexibility index (Phi) is 6.67. The Morgan fingerprint density at radius 1 is 0.812 bits per heavy atom. The summed E-state index contributed by atoms with van der Waals surface area (Å²) in [5.74, 6) is -5.14. The zero-order chi connectivity index (χ0) is 23.7. The lowest BCUT2D eigenvalue weighted by Crippen LogP contribution is -2.25. The fraction of sp³-hybridized carbons (Fsp3) is 0.304. The third-order valence-corrected chi connectivity index (χ3v) is 4.94. The Morgan fingerprint density at radius 3 is 2.06 bits per heavy atom. The summed E-state index contributed by atoms with van der Waals surface area (Å²) < 4.78 is 115. The van der Waals surface area contributed by atoms with Crippen molar-refractivity contribution in [2.75, 3.05) is 0 Å². The van der Waals surface area contributed by atoms with E-state index in [2.05, 4.69) is 4.74 Å². The SMILES string of the molecule is CCCCCc1cc(F)c(C(F)(F)Oc2ccc3c(F)c(C(F)(F)F)ccc3c2)c(F)c1. The highest BCUT2D eigenvalue weighted by Crippen LogP contribution is 2.38. The fourth-order valence-corrected chi connectivity index (χ4v) is 3.38. The number of benzene rings is 3. The Bertz CT molecular complexity index is 1100. The molecule has 0 unspecified atom stereocenters. The van der Waals surface area contributed by atoms with Gasteiger partial charge in [0.1, 0.15) is 28.8 Å². The average Bonchev–Trinajstić information content (AvgIpc) is 2.66. The molecule has 0 fully saturated rings. The van der Waals surface area contributed by atoms with Gasteiger partial charge in [0.05, 0.1) is 5.56 Å². The van der Waals surface area contributed by atoms with Crippen LogP contribution in [0.15, 0.2) is 42.5 Å². The third kappa shape index (κ3) is 4.97. The molecule has 0 radical (unpaired) electrons. The van der Waals surface area contributed by atoms with Crippen molar-refractivity contribution in [3.63, 3.8) is 0 Å². The van der Waals surface area contributed by atoms with Crippen molar-refractivity contribution in [2.24, 2.45) is 0 Å². The van der Waals surface area contributed by atoms with E-state index < -0.39 is 52.0 Å². The molecule has 0 N–H and O–H groups in total. The van der Waals surface area contributed by atoms with Crippen molar-refractivity contribution in [1.82, 2.24) is 0 Å². The van der Waals surface area contributed by atoms with E-state index in [0.29, 0.717) is 18.9 Å². The molecule has 0 aliphatic heterocycles. The molecular formula is C23H18F8O. The van der Waals surface area contributed by atoms with Gasteiger partial charge in [-0.15, -0.1) is 0 Å². The van der Waals surface area contributed by atoms with Crippen LogP contribution in [0.3, 0.4) is 0 Å². The van der Waals surface area contributed by atoms with Gasteiger partial charge in [-0.3, -0.25) is 0 Å². The molecule has 32 heavy (non-hydrogen) atoms. The van der Waals surface area contributed by atoms with Gasteiger partial charge < -0.3 is 4.74 Å². The minimum atomic E-state index is -4.93. The molecule has 0 amide bonds. The molecule has 3 aromatic carbocycles. The molecule has 0 aliphatic rings. The van der Waals surface area contributed by atoms with E-state index in [-0.39, 0.29) is 10.9 Å². The standard InChI is InChI=1S/C23H18F8O/c1-2-3-4-5-13-10-18(24)20(19(25)11-13)23(30,31)32-15-7-8-16-14(12-15)6-9-17(21(16)26)22(27,28)29/h6-12H,2-5H2,1H3. The quantitative estimate of drug-likeness (QED) is 0.254. The molecule has 0 bridgehead atoms. The number of fused-ring (bicyclic) bond motifs is 1. The van der Waals surface area contributed by atoms with E-state index in [9.17, 15) is 35.1 Å². The Morgan fingerprint density at radius 2 is 1.47 bits per heavy atom. The van der Waals surface area contributed by atoms with E-state index in [0.717, 1.165) is 49.2 Å². The van der Waals surface area contributed by atoms with E-state index in [1.54, 1.807) is 0 Å². The van der Waals surface area contributed by atoms with Gasteiger partial charge in [-0.1, -0.05) is 25.8 Å². The van der Waals surface area contributed by atoms with Crippen LogP contribution < -0.4 is 4.74 Å². The number of hydrogen-bond donors (Lipinski definition) is 0. The monoisotopic (exact) mass is 462 g/mol. The second-order valence-electron chi connectivity index (χ2n) is 7.32. The lowest BCUT2D eigenvalue weighted by atomic mass is 10.0. The predicted molar refractivity (Wildman–Crippen MR) is 103 cm³/mol. The highest BCUT2D eigenvalue weighted by Gasteiger charge is 2.41. The number of unbranched alkanes of at least 4 members (excludes halogenated alkanes) is 2. The summed E-state index contributed by atoms with van der Waals surface area (Å²) in [6, 6.07) is 5.49. The molecule has 9 heteroatoms. The van der Waals surface area contributed by atoms with Crippen LogP contribution in [0.1, 0.15) is 42.9 Å². The number of rotatable bonds is 7. The molecule has 172 valence electrons. The van der Waals surface area contributed by atoms with E-state index in [4.69, 9.17) is 0 Å². The maximum Gasteiger partial charge on any atom is 0.432 e. The van der Waals surface area contributed by atoms with Crippen molar-refractivity contribution in [2.45, 2.75) is 44.9 Å².